The zero-order chi connectivity index (χ0) is 21.8. The van der Waals surface area contributed by atoms with Gasteiger partial charge in [-0.15, -0.1) is 0 Å². The molecule has 2 N–H and O–H groups in total. The molecule has 3 aliphatic rings. The third-order valence-electron chi connectivity index (χ3n) is 6.54. The first-order chi connectivity index (χ1) is 14.2. The van der Waals surface area contributed by atoms with E-state index in [2.05, 4.69) is 22.3 Å². The number of carboxylic acid groups (broad SMARTS) is 1. The molecule has 1 atom stereocenters. The highest BCUT2D eigenvalue weighted by Gasteiger charge is 2.47. The number of benzene rings is 1. The second-order valence-electron chi connectivity index (χ2n) is 8.34. The van der Waals surface area contributed by atoms with Crippen LogP contribution < -0.4 is 5.32 Å². The highest BCUT2D eigenvalue weighted by Crippen LogP contribution is 2.40. The molecule has 168 valence electrons. The molecular formula is C21H28ClF3N2O3. The van der Waals surface area contributed by atoms with Gasteiger partial charge in [0.1, 0.15) is 0 Å². The molecule has 1 unspecified atom stereocenters. The van der Waals surface area contributed by atoms with E-state index in [1.54, 1.807) is 0 Å². The Morgan fingerprint density at radius 3 is 2.23 bits per heavy atom. The predicted octanol–water partition coefficient (Wildman–Crippen LogP) is 3.92. The number of rotatable bonds is 3. The molecule has 0 bridgehead atoms. The number of nitrogens with zero attached hydrogens (tertiary/aromatic N) is 1. The smallest absolute Gasteiger partial charge is 0.475 e. The molecule has 1 aromatic carbocycles. The molecular weight excluding hydrogens is 421 g/mol. The minimum absolute atomic E-state index is 0.533. The second-order valence-corrected chi connectivity index (χ2v) is 8.77. The molecule has 0 aromatic heterocycles. The summed E-state index contributed by atoms with van der Waals surface area (Å²) in [6.07, 6.45) is -0.0628. The van der Waals surface area contributed by atoms with Gasteiger partial charge in [-0.25, -0.2) is 4.79 Å². The van der Waals surface area contributed by atoms with Crippen molar-refractivity contribution in [2.45, 2.75) is 43.8 Å². The minimum Gasteiger partial charge on any atom is -0.475 e. The Balaban J connectivity index is 0.000000318. The predicted molar refractivity (Wildman–Crippen MR) is 108 cm³/mol. The van der Waals surface area contributed by atoms with Crippen LogP contribution in [0.3, 0.4) is 0 Å². The highest BCUT2D eigenvalue weighted by molar-refractivity contribution is 6.30. The minimum atomic E-state index is -5.08. The summed E-state index contributed by atoms with van der Waals surface area (Å²) in [6, 6.07) is 9.13. The molecule has 1 aromatic rings. The van der Waals surface area contributed by atoms with E-state index in [1.165, 1.54) is 57.4 Å². The van der Waals surface area contributed by atoms with Gasteiger partial charge in [-0.3, -0.25) is 0 Å². The molecule has 0 aliphatic carbocycles. The Kier molecular flexibility index (Phi) is 7.66. The van der Waals surface area contributed by atoms with E-state index in [0.717, 1.165) is 18.2 Å². The zero-order valence-corrected chi connectivity index (χ0v) is 17.5. The third kappa shape index (κ3) is 5.87. The van der Waals surface area contributed by atoms with Gasteiger partial charge in [0.15, 0.2) is 0 Å². The number of piperidine rings is 1. The van der Waals surface area contributed by atoms with Crippen molar-refractivity contribution >= 4 is 17.6 Å². The molecule has 5 nitrogen and oxygen atoms in total. The van der Waals surface area contributed by atoms with Gasteiger partial charge in [0.05, 0.1) is 0 Å². The van der Waals surface area contributed by atoms with Gasteiger partial charge in [-0.05, 0) is 62.4 Å². The third-order valence-corrected chi connectivity index (χ3v) is 6.79. The average molecular weight is 449 g/mol. The van der Waals surface area contributed by atoms with Crippen LogP contribution in [0.1, 0.15) is 37.2 Å². The lowest BCUT2D eigenvalue weighted by molar-refractivity contribution is -0.192. The van der Waals surface area contributed by atoms with Crippen LogP contribution in [0.2, 0.25) is 5.02 Å². The summed E-state index contributed by atoms with van der Waals surface area (Å²) in [6.45, 7) is 6.76. The number of ether oxygens (including phenoxy) is 1. The molecule has 0 radical (unpaired) electrons. The Hall–Kier alpha value is -1.35. The summed E-state index contributed by atoms with van der Waals surface area (Å²) in [5.74, 6) is -2.05. The van der Waals surface area contributed by atoms with Gasteiger partial charge < -0.3 is 20.1 Å². The molecule has 3 fully saturated rings. The monoisotopic (exact) mass is 448 g/mol. The van der Waals surface area contributed by atoms with E-state index >= 15 is 0 Å². The molecule has 0 amide bonds. The van der Waals surface area contributed by atoms with E-state index in [0.29, 0.717) is 17.4 Å². The molecule has 1 spiro atoms. The summed E-state index contributed by atoms with van der Waals surface area (Å²) in [5, 5.41) is 11.7. The molecule has 9 heteroatoms. The average Bonchev–Trinajstić information content (AvgIpc) is 2.73. The number of halogens is 4. The number of nitrogens with one attached hydrogen (secondary N) is 1. The van der Waals surface area contributed by atoms with E-state index in [-0.39, 0.29) is 0 Å². The highest BCUT2D eigenvalue weighted by atomic mass is 35.5. The SMILES string of the molecule is Clc1ccc(C2CCN(CC3NCC34CCOCC4)CC2)cc1.O=C(O)C(F)(F)F. The lowest BCUT2D eigenvalue weighted by Crippen LogP contribution is -2.67. The van der Waals surface area contributed by atoms with E-state index in [4.69, 9.17) is 26.2 Å². The standard InChI is InChI=1S/C19H27ClN2O.C2HF3O2/c20-17-3-1-15(2-4-17)16-5-9-22(10-6-16)13-18-19(14-21-18)7-11-23-12-8-19;3-2(4,5)1(6)7/h1-4,16,18,21H,5-14H2;(H,6,7). The Labute approximate surface area is 179 Å². The van der Waals surface area contributed by atoms with Gasteiger partial charge >= 0.3 is 12.1 Å². The topological polar surface area (TPSA) is 61.8 Å². The van der Waals surface area contributed by atoms with Crippen molar-refractivity contribution in [1.82, 2.24) is 10.2 Å². The lowest BCUT2D eigenvalue weighted by Gasteiger charge is -2.54. The first kappa shape index (κ1) is 23.3. The number of likely N-dealkylation sites (tertiary alicyclic amines) is 1. The normalized spacial score (nSPS) is 24.6. The van der Waals surface area contributed by atoms with Crippen molar-refractivity contribution in [1.29, 1.82) is 0 Å². The van der Waals surface area contributed by atoms with E-state index in [9.17, 15) is 13.2 Å². The quantitative estimate of drug-likeness (QED) is 0.734. The molecule has 3 heterocycles. The maximum Gasteiger partial charge on any atom is 0.490 e. The van der Waals surface area contributed by atoms with Crippen LogP contribution in [-0.2, 0) is 9.53 Å². The lowest BCUT2D eigenvalue weighted by atomic mass is 9.67. The largest absolute Gasteiger partial charge is 0.490 e. The fourth-order valence-corrected chi connectivity index (χ4v) is 4.66. The zero-order valence-electron chi connectivity index (χ0n) is 16.8. The van der Waals surface area contributed by atoms with Crippen molar-refractivity contribution in [2.75, 3.05) is 39.4 Å². The van der Waals surface area contributed by atoms with Gasteiger partial charge in [0.25, 0.3) is 0 Å². The van der Waals surface area contributed by atoms with Crippen molar-refractivity contribution in [2.24, 2.45) is 5.41 Å². The molecule has 30 heavy (non-hydrogen) atoms. The maximum absolute atomic E-state index is 10.6. The second kappa shape index (κ2) is 9.85. The fourth-order valence-electron chi connectivity index (χ4n) is 4.54. The van der Waals surface area contributed by atoms with Crippen molar-refractivity contribution in [3.63, 3.8) is 0 Å². The number of hydrogen-bond donors (Lipinski definition) is 2. The van der Waals surface area contributed by atoms with Crippen LogP contribution in [0, 0.1) is 5.41 Å². The maximum atomic E-state index is 10.6. The molecule has 3 saturated heterocycles. The van der Waals surface area contributed by atoms with Crippen molar-refractivity contribution in [3.05, 3.63) is 34.9 Å². The number of aliphatic carboxylic acids is 1. The van der Waals surface area contributed by atoms with Crippen LogP contribution in [0.15, 0.2) is 24.3 Å². The van der Waals surface area contributed by atoms with E-state index < -0.39 is 12.1 Å². The van der Waals surface area contributed by atoms with Gasteiger partial charge in [-0.2, -0.15) is 13.2 Å². The Morgan fingerprint density at radius 2 is 1.77 bits per heavy atom. The summed E-state index contributed by atoms with van der Waals surface area (Å²) in [7, 11) is 0. The van der Waals surface area contributed by atoms with Crippen LogP contribution >= 0.6 is 11.6 Å². The number of alkyl halides is 3. The molecule has 3 aliphatic heterocycles. The number of hydrogen-bond acceptors (Lipinski definition) is 4. The first-order valence-electron chi connectivity index (χ1n) is 10.3. The Morgan fingerprint density at radius 1 is 1.20 bits per heavy atom. The van der Waals surface area contributed by atoms with E-state index in [1.807, 2.05) is 12.1 Å². The molecule has 4 rings (SSSR count). The van der Waals surface area contributed by atoms with Crippen LogP contribution in [0.4, 0.5) is 13.2 Å². The van der Waals surface area contributed by atoms with Gasteiger partial charge in [0.2, 0.25) is 0 Å². The van der Waals surface area contributed by atoms with Crippen molar-refractivity contribution < 1.29 is 27.8 Å². The summed E-state index contributed by atoms with van der Waals surface area (Å²) >= 11 is 6.00. The molecule has 0 saturated carbocycles. The van der Waals surface area contributed by atoms with Gasteiger partial charge in [0, 0.05) is 42.8 Å². The first-order valence-corrected chi connectivity index (χ1v) is 10.7. The van der Waals surface area contributed by atoms with Crippen LogP contribution in [0.5, 0.6) is 0 Å². The fraction of sp³-hybridized carbons (Fsp3) is 0.667. The van der Waals surface area contributed by atoms with Gasteiger partial charge in [-0.1, -0.05) is 23.7 Å². The Bertz CT molecular complexity index is 700. The summed E-state index contributed by atoms with van der Waals surface area (Å²) < 4.78 is 37.3. The van der Waals surface area contributed by atoms with Crippen molar-refractivity contribution in [3.8, 4) is 0 Å². The summed E-state index contributed by atoms with van der Waals surface area (Å²) in [4.78, 5) is 11.6. The van der Waals surface area contributed by atoms with Crippen LogP contribution in [-0.4, -0.2) is 67.6 Å². The summed E-state index contributed by atoms with van der Waals surface area (Å²) in [5.41, 5.74) is 1.99. The number of carboxylic acids is 1. The number of carbonyl (C=O) groups is 1. The van der Waals surface area contributed by atoms with Crippen LogP contribution in [0.25, 0.3) is 0 Å².